The number of benzene rings is 4. The second-order valence-corrected chi connectivity index (χ2v) is 23.1. The van der Waals surface area contributed by atoms with E-state index in [9.17, 15) is 56.0 Å². The van der Waals surface area contributed by atoms with Crippen LogP contribution in [0, 0.1) is 22.7 Å². The van der Waals surface area contributed by atoms with Gasteiger partial charge in [-0.25, -0.2) is 4.79 Å². The number of esters is 2. The van der Waals surface area contributed by atoms with Gasteiger partial charge in [0.05, 0.1) is 62.9 Å². The molecule has 0 aliphatic carbocycles. The summed E-state index contributed by atoms with van der Waals surface area (Å²) in [7, 11) is 1.22. The maximum Gasteiger partial charge on any atom is 0.417 e. The minimum absolute atomic E-state index is 0.0831. The van der Waals surface area contributed by atoms with Gasteiger partial charge in [0.1, 0.15) is 41.8 Å². The van der Waals surface area contributed by atoms with Crippen LogP contribution in [0.3, 0.4) is 0 Å². The van der Waals surface area contributed by atoms with Crippen LogP contribution in [-0.4, -0.2) is 162 Å². The number of amides is 2. The number of thiocarbonyl (C=S) groups is 2. The number of ether oxygens (including phenoxy) is 4. The Labute approximate surface area is 507 Å². The second-order valence-electron chi connectivity index (χ2n) is 21.5. The van der Waals surface area contributed by atoms with Crippen molar-refractivity contribution >= 4 is 104 Å². The number of carbonyl (C=O) groups is 4. The molecule has 0 N–H and O–H groups in total. The highest BCUT2D eigenvalue weighted by Crippen LogP contribution is 2.44. The molecular weight excluding hydrogens is 1200 g/mol. The molecule has 0 unspecified atom stereocenters. The van der Waals surface area contributed by atoms with E-state index in [0.717, 1.165) is 34.1 Å². The first kappa shape index (κ1) is 64.1. The number of carbonyl (C=O) groups excluding carboxylic acids is 4. The van der Waals surface area contributed by atoms with Gasteiger partial charge in [-0.2, -0.15) is 36.9 Å². The van der Waals surface area contributed by atoms with Crippen molar-refractivity contribution in [3.05, 3.63) is 105 Å². The van der Waals surface area contributed by atoms with Gasteiger partial charge in [0.25, 0.3) is 17.5 Å². The molecule has 452 valence electrons. The molecule has 2 atom stereocenters. The van der Waals surface area contributed by atoms with Gasteiger partial charge in [-0.3, -0.25) is 43.8 Å². The van der Waals surface area contributed by atoms with Crippen LogP contribution in [0.1, 0.15) is 63.8 Å². The lowest BCUT2D eigenvalue weighted by atomic mass is 10.0. The lowest BCUT2D eigenvalue weighted by molar-refractivity contribution is -0.208. The maximum absolute atomic E-state index is 13.8. The van der Waals surface area contributed by atoms with Crippen molar-refractivity contribution in [1.82, 2.24) is 19.6 Å². The molecule has 4 fully saturated rings. The molecule has 8 rings (SSSR count). The fourth-order valence-corrected chi connectivity index (χ4v) is 12.1. The predicted octanol–water partition coefficient (Wildman–Crippen LogP) is 9.12. The summed E-state index contributed by atoms with van der Waals surface area (Å²) in [6.07, 6.45) is -9.70. The summed E-state index contributed by atoms with van der Waals surface area (Å²) in [6.45, 7) is 14.7. The van der Waals surface area contributed by atoms with Crippen LogP contribution in [-0.2, 0) is 41.0 Å². The molecule has 4 saturated heterocycles. The molecule has 0 bridgehead atoms. The molecule has 0 aromatic heterocycles. The molecule has 0 radical (unpaired) electrons. The van der Waals surface area contributed by atoms with Gasteiger partial charge in [0.2, 0.25) is 0 Å². The molecule has 4 aromatic carbocycles. The van der Waals surface area contributed by atoms with Crippen LogP contribution in [0.25, 0.3) is 0 Å². The molecule has 4 aromatic rings. The molecule has 4 heterocycles. The number of piperazine rings is 2. The van der Waals surface area contributed by atoms with E-state index < -0.39 is 81.2 Å². The number of alkyl halides is 6. The Kier molecular flexibility index (Phi) is 18.7. The smallest absolute Gasteiger partial charge is 0.417 e. The minimum Gasteiger partial charge on any atom is -0.491 e. The Morgan fingerprint density at radius 2 is 1.02 bits per heavy atom. The minimum atomic E-state index is -4.85. The lowest BCUT2D eigenvalue weighted by Crippen LogP contribution is -2.63. The summed E-state index contributed by atoms with van der Waals surface area (Å²) in [5.41, 5.74) is -7.47. The number of methoxy groups -OCH3 is 1. The number of nitriles is 2. The number of halogens is 8. The summed E-state index contributed by atoms with van der Waals surface area (Å²) in [5, 5.41) is 18.7. The quantitative estimate of drug-likeness (QED) is 0.0555. The Balaban J connectivity index is 0.787. The molecule has 0 spiro atoms. The van der Waals surface area contributed by atoms with Gasteiger partial charge in [-0.05, 0) is 132 Å². The van der Waals surface area contributed by atoms with Gasteiger partial charge < -0.3 is 28.7 Å². The second kappa shape index (κ2) is 24.8. The Hall–Kier alpha value is -6.88. The zero-order valence-electron chi connectivity index (χ0n) is 47.1. The highest BCUT2D eigenvalue weighted by Gasteiger charge is 2.53. The third-order valence-electron chi connectivity index (χ3n) is 15.5. The molecule has 28 heteroatoms. The van der Waals surface area contributed by atoms with E-state index in [1.165, 1.54) is 48.1 Å². The number of anilines is 4. The maximum atomic E-state index is 13.8. The molecule has 4 aliphatic heterocycles. The van der Waals surface area contributed by atoms with E-state index >= 15 is 0 Å². The van der Waals surface area contributed by atoms with E-state index in [4.69, 9.17) is 66.6 Å². The van der Waals surface area contributed by atoms with Crippen molar-refractivity contribution < 1.29 is 64.5 Å². The summed E-state index contributed by atoms with van der Waals surface area (Å²) in [6, 6.07) is 17.9. The van der Waals surface area contributed by atoms with Gasteiger partial charge >= 0.3 is 24.3 Å². The first-order chi connectivity index (χ1) is 39.9. The SMILES string of the molecule is COC(=O)[C@@](C)(OC(=O)[C@@H](C)N1CCN(CCOc2ccc(N3C(=S)N(c4ccc(C#N)c(C(F)(F)F)c4)C(=O)C3(C)C)cc2Cl)CC1)N1CCN(CCOc2ccc(N3C(=S)N(c4ccc(C#N)c(C(F)(F)F)c4)C(=O)C3(C)C)cc2Cl)CC1. The first-order valence-corrected chi connectivity index (χ1v) is 28.2. The van der Waals surface area contributed by atoms with Crippen molar-refractivity contribution in [2.24, 2.45) is 0 Å². The average molecular weight is 1260 g/mol. The van der Waals surface area contributed by atoms with E-state index in [1.54, 1.807) is 75.9 Å². The van der Waals surface area contributed by atoms with Crippen LogP contribution in [0.15, 0.2) is 72.8 Å². The van der Waals surface area contributed by atoms with Gasteiger partial charge in [0, 0.05) is 83.7 Å². The highest BCUT2D eigenvalue weighted by atomic mass is 35.5. The zero-order valence-corrected chi connectivity index (χ0v) is 50.2. The molecule has 4 aliphatic rings. The summed E-state index contributed by atoms with van der Waals surface area (Å²) in [5.74, 6) is -1.85. The van der Waals surface area contributed by atoms with E-state index in [2.05, 4.69) is 9.80 Å². The van der Waals surface area contributed by atoms with E-state index in [1.807, 2.05) is 4.90 Å². The van der Waals surface area contributed by atoms with E-state index in [-0.39, 0.29) is 44.9 Å². The van der Waals surface area contributed by atoms with Gasteiger partial charge in [0.15, 0.2) is 10.2 Å². The van der Waals surface area contributed by atoms with Crippen LogP contribution in [0.5, 0.6) is 11.5 Å². The number of nitrogens with zero attached hydrogens (tertiary/aromatic N) is 10. The Bertz CT molecular complexity index is 3400. The molecule has 0 saturated carbocycles. The van der Waals surface area contributed by atoms with Crippen molar-refractivity contribution in [1.29, 1.82) is 10.5 Å². The van der Waals surface area contributed by atoms with Crippen LogP contribution >= 0.6 is 47.6 Å². The predicted molar refractivity (Wildman–Crippen MR) is 311 cm³/mol. The molecule has 18 nitrogen and oxygen atoms in total. The topological polar surface area (TPSA) is 179 Å². The van der Waals surface area contributed by atoms with E-state index in [0.29, 0.717) is 88.3 Å². The van der Waals surface area contributed by atoms with Crippen LogP contribution < -0.4 is 29.1 Å². The largest absolute Gasteiger partial charge is 0.491 e. The van der Waals surface area contributed by atoms with Crippen molar-refractivity contribution in [3.8, 4) is 23.6 Å². The third-order valence-corrected chi connectivity index (χ3v) is 16.8. The fourth-order valence-electron chi connectivity index (χ4n) is 10.6. The number of rotatable bonds is 17. The van der Waals surface area contributed by atoms with Crippen molar-refractivity contribution in [3.63, 3.8) is 0 Å². The van der Waals surface area contributed by atoms with Crippen LogP contribution in [0.2, 0.25) is 10.0 Å². The Morgan fingerprint density at radius 3 is 1.39 bits per heavy atom. The summed E-state index contributed by atoms with van der Waals surface area (Å²) >= 11 is 24.7. The average Bonchev–Trinajstić information content (AvgIpc) is 1.91. The van der Waals surface area contributed by atoms with Crippen LogP contribution in [0.4, 0.5) is 49.1 Å². The van der Waals surface area contributed by atoms with Crippen molar-refractivity contribution in [2.45, 2.75) is 76.7 Å². The summed E-state index contributed by atoms with van der Waals surface area (Å²) < 4.78 is 106. The monoisotopic (exact) mass is 1260 g/mol. The van der Waals surface area contributed by atoms with Crippen molar-refractivity contribution in [2.75, 3.05) is 105 Å². The normalized spacial score (nSPS) is 19.2. The zero-order chi connectivity index (χ0) is 62.3. The number of hydrogen-bond acceptors (Lipinski definition) is 16. The summed E-state index contributed by atoms with van der Waals surface area (Å²) in [4.78, 5) is 67.6. The highest BCUT2D eigenvalue weighted by molar-refractivity contribution is 7.81. The standard InChI is InChI=1S/C57H58Cl2F6N10O8S2/c1-34(70-20-16-68(17-21-70)24-26-81-45-14-12-39(30-43(45)58)74-51(84)72(48(77)53(74,2)3)37-10-8-35(32-66)41(28-37)56(60,61)62)47(76)83-55(6,50(79)80-7)71-22-18-69(19-23-71)25-27-82-46-15-13-40(31-44(46)59)75-52(85)73(49(78)54(75,4)5)38-11-9-36(33-67)42(29-38)57(63,64)65/h8-15,28-31,34H,16-27H2,1-7H3/t34-,55-/m1/s1. The molecule has 85 heavy (non-hydrogen) atoms. The molecular formula is C57H58Cl2F6N10O8S2. The Morgan fingerprint density at radius 1 is 0.635 bits per heavy atom. The fraction of sp³-hybridized carbons (Fsp3) is 0.439. The number of hydrogen-bond donors (Lipinski definition) is 0. The first-order valence-electron chi connectivity index (χ1n) is 26.6. The third kappa shape index (κ3) is 12.8. The lowest BCUT2D eigenvalue weighted by Gasteiger charge is -2.44. The van der Waals surface area contributed by atoms with Gasteiger partial charge in [-0.1, -0.05) is 23.2 Å². The molecule has 2 amide bonds. The van der Waals surface area contributed by atoms with Gasteiger partial charge in [-0.15, -0.1) is 0 Å².